The normalized spacial score (nSPS) is 11.8. The molecule has 2 heterocycles. The summed E-state index contributed by atoms with van der Waals surface area (Å²) in [6.45, 7) is 0.901. The third-order valence-electron chi connectivity index (χ3n) is 2.44. The zero-order chi connectivity index (χ0) is 12.1. The average molecular weight is 254 g/mol. The van der Waals surface area contributed by atoms with Crippen LogP contribution in [0.15, 0.2) is 37.4 Å². The molecule has 2 aromatic heterocycles. The quantitative estimate of drug-likeness (QED) is 0.738. The van der Waals surface area contributed by atoms with Crippen molar-refractivity contribution in [2.75, 3.05) is 11.5 Å². The molecule has 7 heteroatoms. The van der Waals surface area contributed by atoms with E-state index in [1.165, 1.54) is 0 Å². The van der Waals surface area contributed by atoms with Gasteiger partial charge in [-0.2, -0.15) is 0 Å². The van der Waals surface area contributed by atoms with Gasteiger partial charge in [0.05, 0.1) is 24.2 Å². The SMILES string of the molecule is O=S(=O)(CCn1ccnc1)CCn1ccnc1. The molecule has 2 aromatic rings. The minimum atomic E-state index is -3.03. The van der Waals surface area contributed by atoms with E-state index in [1.807, 2.05) is 0 Å². The van der Waals surface area contributed by atoms with Crippen LogP contribution in [0.25, 0.3) is 0 Å². The average Bonchev–Trinajstić information content (AvgIpc) is 2.97. The Bertz CT molecular complexity index is 487. The number of hydrogen-bond donors (Lipinski definition) is 0. The fraction of sp³-hybridized carbons (Fsp3) is 0.400. The van der Waals surface area contributed by atoms with Gasteiger partial charge in [0.15, 0.2) is 9.84 Å². The van der Waals surface area contributed by atoms with Gasteiger partial charge in [0.2, 0.25) is 0 Å². The zero-order valence-corrected chi connectivity index (χ0v) is 10.1. The van der Waals surface area contributed by atoms with Crippen molar-refractivity contribution in [1.82, 2.24) is 19.1 Å². The number of sulfone groups is 1. The molecule has 0 saturated heterocycles. The zero-order valence-electron chi connectivity index (χ0n) is 9.31. The first-order valence-corrected chi connectivity index (χ1v) is 7.10. The fourth-order valence-corrected chi connectivity index (χ4v) is 2.61. The Morgan fingerprint density at radius 2 is 1.35 bits per heavy atom. The minimum Gasteiger partial charge on any atom is -0.336 e. The van der Waals surface area contributed by atoms with Crippen molar-refractivity contribution in [3.05, 3.63) is 37.4 Å². The van der Waals surface area contributed by atoms with Crippen LogP contribution in [0.3, 0.4) is 0 Å². The molecule has 0 aromatic carbocycles. The lowest BCUT2D eigenvalue weighted by atomic mass is 10.7. The van der Waals surface area contributed by atoms with Gasteiger partial charge in [0.1, 0.15) is 0 Å². The van der Waals surface area contributed by atoms with Crippen molar-refractivity contribution >= 4 is 9.84 Å². The molecular formula is C10H14N4O2S. The van der Waals surface area contributed by atoms with Gasteiger partial charge in [0, 0.05) is 37.9 Å². The molecule has 6 nitrogen and oxygen atoms in total. The predicted octanol–water partition coefficient (Wildman–Crippen LogP) is 0.195. The number of imidazole rings is 2. The van der Waals surface area contributed by atoms with Gasteiger partial charge in [-0.1, -0.05) is 0 Å². The molecule has 17 heavy (non-hydrogen) atoms. The summed E-state index contributed by atoms with van der Waals surface area (Å²) in [5.74, 6) is 0.274. The summed E-state index contributed by atoms with van der Waals surface area (Å²) in [6.07, 6.45) is 10.0. The van der Waals surface area contributed by atoms with E-state index in [0.29, 0.717) is 13.1 Å². The Balaban J connectivity index is 1.82. The number of aromatic nitrogens is 4. The molecular weight excluding hydrogens is 240 g/mol. The van der Waals surface area contributed by atoms with Crippen LogP contribution in [0.1, 0.15) is 0 Å². The molecule has 0 fully saturated rings. The third kappa shape index (κ3) is 3.70. The number of aryl methyl sites for hydroxylation is 2. The van der Waals surface area contributed by atoms with Crippen molar-refractivity contribution in [2.24, 2.45) is 0 Å². The topological polar surface area (TPSA) is 69.8 Å². The highest BCUT2D eigenvalue weighted by Gasteiger charge is 2.10. The maximum Gasteiger partial charge on any atom is 0.153 e. The lowest BCUT2D eigenvalue weighted by molar-refractivity contribution is 0.582. The molecule has 0 N–H and O–H groups in total. The van der Waals surface area contributed by atoms with E-state index in [0.717, 1.165) is 0 Å². The van der Waals surface area contributed by atoms with E-state index in [1.54, 1.807) is 46.6 Å². The summed E-state index contributed by atoms with van der Waals surface area (Å²) in [7, 11) is -3.03. The van der Waals surface area contributed by atoms with E-state index < -0.39 is 9.84 Å². The van der Waals surface area contributed by atoms with Crippen molar-refractivity contribution in [2.45, 2.75) is 13.1 Å². The molecule has 0 amide bonds. The highest BCUT2D eigenvalue weighted by molar-refractivity contribution is 7.91. The lowest BCUT2D eigenvalue weighted by Crippen LogP contribution is -2.18. The molecule has 0 spiro atoms. The molecule has 0 radical (unpaired) electrons. The molecule has 0 aliphatic heterocycles. The summed E-state index contributed by atoms with van der Waals surface area (Å²) in [6, 6.07) is 0. The molecule has 0 saturated carbocycles. The molecule has 2 rings (SSSR count). The van der Waals surface area contributed by atoms with E-state index in [-0.39, 0.29) is 11.5 Å². The standard InChI is InChI=1S/C10H14N4O2S/c15-17(16,7-5-13-3-1-11-9-13)8-6-14-4-2-12-10-14/h1-4,9-10H,5-8H2. The molecule has 0 atom stereocenters. The van der Waals surface area contributed by atoms with E-state index in [2.05, 4.69) is 9.97 Å². The maximum absolute atomic E-state index is 11.8. The van der Waals surface area contributed by atoms with Crippen LogP contribution in [0.2, 0.25) is 0 Å². The van der Waals surface area contributed by atoms with Crippen LogP contribution >= 0.6 is 0 Å². The van der Waals surface area contributed by atoms with Crippen LogP contribution in [-0.2, 0) is 22.9 Å². The van der Waals surface area contributed by atoms with Crippen LogP contribution in [0.5, 0.6) is 0 Å². The Labute approximate surface area is 99.9 Å². The van der Waals surface area contributed by atoms with Crippen LogP contribution in [0, 0.1) is 0 Å². The summed E-state index contributed by atoms with van der Waals surface area (Å²) in [4.78, 5) is 7.73. The first kappa shape index (κ1) is 11.8. The van der Waals surface area contributed by atoms with Crippen LogP contribution in [0.4, 0.5) is 0 Å². The predicted molar refractivity (Wildman–Crippen MR) is 63.1 cm³/mol. The van der Waals surface area contributed by atoms with Gasteiger partial charge in [-0.3, -0.25) is 0 Å². The van der Waals surface area contributed by atoms with E-state index in [9.17, 15) is 8.42 Å². The van der Waals surface area contributed by atoms with Gasteiger partial charge in [-0.15, -0.1) is 0 Å². The monoisotopic (exact) mass is 254 g/mol. The summed E-state index contributed by atoms with van der Waals surface area (Å²) in [5, 5.41) is 0. The van der Waals surface area contributed by atoms with E-state index >= 15 is 0 Å². The van der Waals surface area contributed by atoms with Crippen molar-refractivity contribution < 1.29 is 8.42 Å². The van der Waals surface area contributed by atoms with Crippen molar-refractivity contribution in [1.29, 1.82) is 0 Å². The highest BCUT2D eigenvalue weighted by Crippen LogP contribution is 1.97. The lowest BCUT2D eigenvalue weighted by Gasteiger charge is -2.05. The molecule has 0 unspecified atom stereocenters. The molecule has 0 aliphatic carbocycles. The Kier molecular flexibility index (Phi) is 3.58. The third-order valence-corrected chi connectivity index (χ3v) is 4.05. The number of nitrogens with zero attached hydrogens (tertiary/aromatic N) is 4. The first-order chi connectivity index (χ1) is 8.16. The summed E-state index contributed by atoms with van der Waals surface area (Å²) < 4.78 is 27.0. The van der Waals surface area contributed by atoms with Crippen LogP contribution < -0.4 is 0 Å². The second-order valence-corrected chi connectivity index (χ2v) is 6.06. The Morgan fingerprint density at radius 1 is 0.882 bits per heavy atom. The second-order valence-electron chi connectivity index (χ2n) is 3.75. The van der Waals surface area contributed by atoms with Crippen LogP contribution in [-0.4, -0.2) is 39.0 Å². The van der Waals surface area contributed by atoms with Gasteiger partial charge < -0.3 is 9.13 Å². The molecule has 0 aliphatic rings. The molecule has 92 valence electrons. The fourth-order valence-electron chi connectivity index (χ4n) is 1.43. The van der Waals surface area contributed by atoms with Gasteiger partial charge in [-0.05, 0) is 0 Å². The maximum atomic E-state index is 11.8. The van der Waals surface area contributed by atoms with Gasteiger partial charge >= 0.3 is 0 Å². The Morgan fingerprint density at radius 3 is 1.71 bits per heavy atom. The molecule has 0 bridgehead atoms. The second kappa shape index (κ2) is 5.13. The largest absolute Gasteiger partial charge is 0.336 e. The number of rotatable bonds is 6. The van der Waals surface area contributed by atoms with Gasteiger partial charge in [-0.25, -0.2) is 18.4 Å². The van der Waals surface area contributed by atoms with Crippen molar-refractivity contribution in [3.8, 4) is 0 Å². The summed E-state index contributed by atoms with van der Waals surface area (Å²) >= 11 is 0. The summed E-state index contributed by atoms with van der Waals surface area (Å²) in [5.41, 5.74) is 0. The number of hydrogen-bond acceptors (Lipinski definition) is 4. The highest BCUT2D eigenvalue weighted by atomic mass is 32.2. The first-order valence-electron chi connectivity index (χ1n) is 5.28. The smallest absolute Gasteiger partial charge is 0.153 e. The minimum absolute atomic E-state index is 0.137. The van der Waals surface area contributed by atoms with E-state index in [4.69, 9.17) is 0 Å². The van der Waals surface area contributed by atoms with Gasteiger partial charge in [0.25, 0.3) is 0 Å². The van der Waals surface area contributed by atoms with Crippen molar-refractivity contribution in [3.63, 3.8) is 0 Å². The Hall–Kier alpha value is -1.63.